The molecule has 2 nitrogen and oxygen atoms in total. The van der Waals surface area contributed by atoms with Crippen LogP contribution in [-0.4, -0.2) is 5.91 Å². The van der Waals surface area contributed by atoms with Crippen molar-refractivity contribution in [3.05, 3.63) is 29.8 Å². The van der Waals surface area contributed by atoms with Crippen LogP contribution in [0.25, 0.3) is 0 Å². The van der Waals surface area contributed by atoms with E-state index in [9.17, 15) is 4.79 Å². The van der Waals surface area contributed by atoms with Gasteiger partial charge < -0.3 is 5.32 Å². The molecule has 2 aliphatic carbocycles. The van der Waals surface area contributed by atoms with E-state index in [1.165, 1.54) is 12.0 Å². The highest BCUT2D eigenvalue weighted by atomic mass is 79.9. The van der Waals surface area contributed by atoms with Gasteiger partial charge in [0.05, 0.1) is 0 Å². The highest BCUT2D eigenvalue weighted by Gasteiger charge is 2.47. The third-order valence-electron chi connectivity index (χ3n) is 3.96. The van der Waals surface area contributed by atoms with Gasteiger partial charge in [0.2, 0.25) is 5.91 Å². The lowest BCUT2D eigenvalue weighted by Crippen LogP contribution is -2.21. The fourth-order valence-electron chi connectivity index (χ4n) is 2.91. The lowest BCUT2D eigenvalue weighted by atomic mass is 10.0. The highest BCUT2D eigenvalue weighted by Crippen LogP contribution is 2.54. The summed E-state index contributed by atoms with van der Waals surface area (Å²) in [6.45, 7) is 0. The van der Waals surface area contributed by atoms with Crippen molar-refractivity contribution < 1.29 is 4.79 Å². The van der Waals surface area contributed by atoms with Crippen molar-refractivity contribution in [1.82, 2.24) is 0 Å². The van der Waals surface area contributed by atoms with Crippen LogP contribution < -0.4 is 5.32 Å². The maximum Gasteiger partial charge on any atom is 0.227 e. The Kier molecular flexibility index (Phi) is 2.95. The molecule has 0 bridgehead atoms. The fourth-order valence-corrected chi connectivity index (χ4v) is 3.25. The number of hydrogen-bond donors (Lipinski definition) is 1. The van der Waals surface area contributed by atoms with Crippen LogP contribution in [0, 0.1) is 17.8 Å². The van der Waals surface area contributed by atoms with Gasteiger partial charge >= 0.3 is 0 Å². The zero-order valence-electron chi connectivity index (χ0n) is 9.66. The van der Waals surface area contributed by atoms with E-state index in [-0.39, 0.29) is 11.8 Å². The number of benzene rings is 1. The molecule has 0 heterocycles. The summed E-state index contributed by atoms with van der Waals surface area (Å²) < 4.78 is 0. The van der Waals surface area contributed by atoms with E-state index in [0.717, 1.165) is 35.7 Å². The van der Waals surface area contributed by atoms with Gasteiger partial charge in [-0.15, -0.1) is 0 Å². The van der Waals surface area contributed by atoms with Crippen LogP contribution in [0.3, 0.4) is 0 Å². The molecular weight excluding hydrogens is 278 g/mol. The number of amides is 1. The van der Waals surface area contributed by atoms with Gasteiger partial charge in [-0.1, -0.05) is 28.1 Å². The molecule has 0 aromatic heterocycles. The normalized spacial score (nSPS) is 29.8. The summed E-state index contributed by atoms with van der Waals surface area (Å²) >= 11 is 3.43. The number of anilines is 1. The summed E-state index contributed by atoms with van der Waals surface area (Å²) in [7, 11) is 0. The lowest BCUT2D eigenvalue weighted by Gasteiger charge is -2.12. The van der Waals surface area contributed by atoms with E-state index in [4.69, 9.17) is 0 Å². The Bertz CT molecular complexity index is 436. The number of halogens is 1. The molecule has 2 unspecified atom stereocenters. The van der Waals surface area contributed by atoms with Crippen molar-refractivity contribution in [2.75, 3.05) is 5.32 Å². The third-order valence-corrected chi connectivity index (χ3v) is 4.61. The largest absolute Gasteiger partial charge is 0.326 e. The average molecular weight is 294 g/mol. The van der Waals surface area contributed by atoms with Crippen LogP contribution in [0.15, 0.2) is 24.3 Å². The van der Waals surface area contributed by atoms with Crippen LogP contribution in [-0.2, 0) is 10.1 Å². The second kappa shape index (κ2) is 4.45. The van der Waals surface area contributed by atoms with Gasteiger partial charge in [-0.2, -0.15) is 0 Å². The Morgan fingerprint density at radius 3 is 2.76 bits per heavy atom. The maximum atomic E-state index is 12.1. The molecule has 17 heavy (non-hydrogen) atoms. The fraction of sp³-hybridized carbons (Fsp3) is 0.500. The van der Waals surface area contributed by atoms with Crippen LogP contribution in [0.5, 0.6) is 0 Å². The molecule has 1 amide bonds. The van der Waals surface area contributed by atoms with E-state index >= 15 is 0 Å². The van der Waals surface area contributed by atoms with Crippen LogP contribution in [0.2, 0.25) is 0 Å². The predicted octanol–water partition coefficient (Wildman–Crippen LogP) is 3.57. The third kappa shape index (κ3) is 2.39. The van der Waals surface area contributed by atoms with Crippen molar-refractivity contribution in [2.24, 2.45) is 17.8 Å². The Hall–Kier alpha value is -0.830. The Balaban J connectivity index is 1.63. The molecule has 90 valence electrons. The van der Waals surface area contributed by atoms with Gasteiger partial charge in [0.25, 0.3) is 0 Å². The minimum Gasteiger partial charge on any atom is -0.326 e. The summed E-state index contributed by atoms with van der Waals surface area (Å²) in [5, 5.41) is 3.86. The van der Waals surface area contributed by atoms with E-state index < -0.39 is 0 Å². The van der Waals surface area contributed by atoms with Gasteiger partial charge in [-0.3, -0.25) is 4.79 Å². The van der Waals surface area contributed by atoms with E-state index in [1.54, 1.807) is 0 Å². The highest BCUT2D eigenvalue weighted by molar-refractivity contribution is 9.08. The number of carbonyl (C=O) groups excluding carboxylic acids is 1. The SMILES string of the molecule is O=C(Nc1cccc(CBr)c1)C1CC2CC2C1. The molecule has 0 spiro atoms. The Morgan fingerprint density at radius 2 is 2.06 bits per heavy atom. The molecule has 0 aliphatic heterocycles. The number of hydrogen-bond acceptors (Lipinski definition) is 1. The van der Waals surface area contributed by atoms with Gasteiger partial charge in [0.1, 0.15) is 0 Å². The van der Waals surface area contributed by atoms with Gasteiger partial charge in [0, 0.05) is 16.9 Å². The molecular formula is C14H16BrNO. The first-order chi connectivity index (χ1) is 8.26. The molecule has 3 heteroatoms. The van der Waals surface area contributed by atoms with E-state index in [1.807, 2.05) is 18.2 Å². The Morgan fingerprint density at radius 1 is 1.29 bits per heavy atom. The second-order valence-corrected chi connectivity index (χ2v) is 5.81. The number of alkyl halides is 1. The number of rotatable bonds is 3. The molecule has 1 aromatic rings. The van der Waals surface area contributed by atoms with Crippen LogP contribution in [0.1, 0.15) is 24.8 Å². The minimum absolute atomic E-state index is 0.212. The lowest BCUT2D eigenvalue weighted by molar-refractivity contribution is -0.120. The summed E-state index contributed by atoms with van der Waals surface area (Å²) in [4.78, 5) is 12.1. The topological polar surface area (TPSA) is 29.1 Å². The summed E-state index contributed by atoms with van der Waals surface area (Å²) in [6, 6.07) is 8.02. The average Bonchev–Trinajstić information content (AvgIpc) is 2.96. The minimum atomic E-state index is 0.212. The molecule has 0 saturated heterocycles. The van der Waals surface area contributed by atoms with E-state index in [0.29, 0.717) is 0 Å². The van der Waals surface area contributed by atoms with E-state index in [2.05, 4.69) is 27.3 Å². The van der Waals surface area contributed by atoms with Crippen molar-refractivity contribution in [1.29, 1.82) is 0 Å². The molecule has 2 aliphatic rings. The van der Waals surface area contributed by atoms with Crippen molar-refractivity contribution in [3.63, 3.8) is 0 Å². The first-order valence-corrected chi connectivity index (χ1v) is 7.34. The first-order valence-electron chi connectivity index (χ1n) is 6.22. The molecule has 2 atom stereocenters. The number of fused-ring (bicyclic) bond motifs is 1. The van der Waals surface area contributed by atoms with Crippen LogP contribution >= 0.6 is 15.9 Å². The maximum absolute atomic E-state index is 12.1. The second-order valence-electron chi connectivity index (χ2n) is 5.25. The summed E-state index contributed by atoms with van der Waals surface area (Å²) in [5.74, 6) is 2.19. The Labute approximate surface area is 110 Å². The van der Waals surface area contributed by atoms with Gasteiger partial charge in [0.15, 0.2) is 0 Å². The predicted molar refractivity (Wildman–Crippen MR) is 72.0 cm³/mol. The first kappa shape index (κ1) is 11.3. The van der Waals surface area contributed by atoms with Crippen molar-refractivity contribution in [3.8, 4) is 0 Å². The quantitative estimate of drug-likeness (QED) is 0.848. The standard InChI is InChI=1S/C14H16BrNO/c15-8-9-2-1-3-13(4-9)16-14(17)12-6-10-5-11(10)7-12/h1-4,10-12H,5-8H2,(H,16,17). The van der Waals surface area contributed by atoms with Crippen molar-refractivity contribution in [2.45, 2.75) is 24.6 Å². The van der Waals surface area contributed by atoms with Crippen LogP contribution in [0.4, 0.5) is 5.69 Å². The molecule has 1 N–H and O–H groups in total. The summed E-state index contributed by atoms with van der Waals surface area (Å²) in [6.07, 6.45) is 3.58. The smallest absolute Gasteiger partial charge is 0.227 e. The summed E-state index contributed by atoms with van der Waals surface area (Å²) in [5.41, 5.74) is 2.12. The van der Waals surface area contributed by atoms with Gasteiger partial charge in [-0.25, -0.2) is 0 Å². The molecule has 1 aromatic carbocycles. The number of carbonyl (C=O) groups is 1. The molecule has 2 saturated carbocycles. The molecule has 0 radical (unpaired) electrons. The number of nitrogens with one attached hydrogen (secondary N) is 1. The zero-order chi connectivity index (χ0) is 11.8. The molecule has 2 fully saturated rings. The van der Waals surface area contributed by atoms with Crippen molar-refractivity contribution >= 4 is 27.5 Å². The van der Waals surface area contributed by atoms with Gasteiger partial charge in [-0.05, 0) is 48.8 Å². The molecule has 3 rings (SSSR count). The zero-order valence-corrected chi connectivity index (χ0v) is 11.2. The monoisotopic (exact) mass is 293 g/mol.